The van der Waals surface area contributed by atoms with Gasteiger partial charge in [0.25, 0.3) is 0 Å². The molecule has 4 saturated heterocycles. The molecule has 2 bridgehead atoms. The summed E-state index contributed by atoms with van der Waals surface area (Å²) in [5, 5.41) is 58.2. The van der Waals surface area contributed by atoms with Crippen molar-refractivity contribution in [3.63, 3.8) is 0 Å². The molecule has 6 N–H and O–H groups in total. The first-order chi connectivity index (χ1) is 13.4. The quantitative estimate of drug-likeness (QED) is 0.247. The average molecular weight is 410 g/mol. The molecule has 0 amide bonds. The molecule has 12 nitrogen and oxygen atoms in total. The molecule has 162 valence electrons. The molecule has 4 aliphatic heterocycles. The molecular formula is C16H26O12. The van der Waals surface area contributed by atoms with Gasteiger partial charge in [0, 0.05) is 0 Å². The summed E-state index contributed by atoms with van der Waals surface area (Å²) in [5.41, 5.74) is 0. The highest BCUT2D eigenvalue weighted by Gasteiger charge is 2.54. The fourth-order valence-electron chi connectivity index (χ4n) is 3.95. The molecule has 0 saturated carbocycles. The Kier molecular flexibility index (Phi) is 6.19. The van der Waals surface area contributed by atoms with Crippen molar-refractivity contribution < 1.29 is 59.1 Å². The van der Waals surface area contributed by atoms with Crippen LogP contribution in [0.5, 0.6) is 0 Å². The second-order valence-electron chi connectivity index (χ2n) is 7.36. The topological polar surface area (TPSA) is 177 Å². The van der Waals surface area contributed by atoms with Crippen molar-refractivity contribution in [2.45, 2.75) is 73.6 Å². The third-order valence-electron chi connectivity index (χ3n) is 5.58. The Morgan fingerprint density at radius 3 is 1.82 bits per heavy atom. The van der Waals surface area contributed by atoms with Crippen LogP contribution in [0.2, 0.25) is 0 Å². The van der Waals surface area contributed by atoms with Gasteiger partial charge in [0.2, 0.25) is 0 Å². The van der Waals surface area contributed by atoms with E-state index in [0.717, 1.165) is 0 Å². The SMILES string of the molecule is OC[C@H]1O[C@H](O[C@@H]2CO[C@@H]3CO[C@@H]2[C@H]3O[C@H]2O[C@H](CO)[C@@H](O)[C@@H]2O)[C@@H](O)[C@@H]1O. The van der Waals surface area contributed by atoms with Crippen LogP contribution in [-0.4, -0.2) is 131 Å². The summed E-state index contributed by atoms with van der Waals surface area (Å²) in [4.78, 5) is 0. The van der Waals surface area contributed by atoms with Crippen molar-refractivity contribution in [2.75, 3.05) is 26.4 Å². The van der Waals surface area contributed by atoms with Gasteiger partial charge in [-0.2, -0.15) is 0 Å². The summed E-state index contributed by atoms with van der Waals surface area (Å²) >= 11 is 0. The van der Waals surface area contributed by atoms with Crippen molar-refractivity contribution >= 4 is 0 Å². The molecule has 0 aliphatic carbocycles. The maximum Gasteiger partial charge on any atom is 0.187 e. The van der Waals surface area contributed by atoms with Crippen LogP contribution < -0.4 is 0 Å². The zero-order chi connectivity index (χ0) is 20.0. The van der Waals surface area contributed by atoms with Crippen LogP contribution in [0.3, 0.4) is 0 Å². The lowest BCUT2D eigenvalue weighted by Crippen LogP contribution is -2.54. The number of hydrogen-bond acceptors (Lipinski definition) is 12. The fourth-order valence-corrected chi connectivity index (χ4v) is 3.95. The number of hydrogen-bond donors (Lipinski definition) is 6. The minimum atomic E-state index is -1.35. The third-order valence-corrected chi connectivity index (χ3v) is 5.58. The highest BCUT2D eigenvalue weighted by Crippen LogP contribution is 2.35. The van der Waals surface area contributed by atoms with Crippen molar-refractivity contribution in [2.24, 2.45) is 0 Å². The minimum Gasteiger partial charge on any atom is -0.394 e. The van der Waals surface area contributed by atoms with E-state index in [9.17, 15) is 30.6 Å². The monoisotopic (exact) mass is 410 g/mol. The molecule has 0 spiro atoms. The van der Waals surface area contributed by atoms with Gasteiger partial charge in [-0.05, 0) is 0 Å². The third kappa shape index (κ3) is 3.57. The molecule has 4 fully saturated rings. The second kappa shape index (κ2) is 8.34. The lowest BCUT2D eigenvalue weighted by molar-refractivity contribution is -0.270. The van der Waals surface area contributed by atoms with Crippen LogP contribution >= 0.6 is 0 Å². The predicted octanol–water partition coefficient (Wildman–Crippen LogP) is -4.57. The number of rotatable bonds is 6. The Morgan fingerprint density at radius 1 is 0.714 bits per heavy atom. The maximum absolute atomic E-state index is 10.1. The molecule has 0 aromatic heterocycles. The summed E-state index contributed by atoms with van der Waals surface area (Å²) in [6, 6.07) is 0. The van der Waals surface area contributed by atoms with Crippen LogP contribution in [0.15, 0.2) is 0 Å². The van der Waals surface area contributed by atoms with E-state index in [1.165, 1.54) is 0 Å². The van der Waals surface area contributed by atoms with Crippen molar-refractivity contribution in [3.8, 4) is 0 Å². The predicted molar refractivity (Wildman–Crippen MR) is 84.7 cm³/mol. The van der Waals surface area contributed by atoms with Gasteiger partial charge < -0.3 is 59.1 Å². The van der Waals surface area contributed by atoms with Gasteiger partial charge >= 0.3 is 0 Å². The molecule has 0 unspecified atom stereocenters. The Labute approximate surface area is 160 Å². The zero-order valence-electron chi connectivity index (χ0n) is 14.9. The molecule has 0 aromatic carbocycles. The van der Waals surface area contributed by atoms with Crippen LogP contribution in [0.4, 0.5) is 0 Å². The van der Waals surface area contributed by atoms with E-state index >= 15 is 0 Å². The molecule has 0 radical (unpaired) electrons. The summed E-state index contributed by atoms with van der Waals surface area (Å²) in [6.45, 7) is -0.616. The first-order valence-corrected chi connectivity index (χ1v) is 9.23. The molecule has 4 aliphatic rings. The van der Waals surface area contributed by atoms with Crippen LogP contribution in [-0.2, 0) is 28.4 Å². The van der Waals surface area contributed by atoms with Gasteiger partial charge in [-0.25, -0.2) is 0 Å². The molecule has 28 heavy (non-hydrogen) atoms. The summed E-state index contributed by atoms with van der Waals surface area (Å²) < 4.78 is 33.5. The standard InChI is InChI=1S/C16H26O12/c17-1-5-9(19)11(21)15(25-5)27-8-4-23-7-3-24-13(8)14(7)28-16-12(22)10(20)6(2-18)26-16/h5-22H,1-4H2/t5-,6-,7-,8-,9-,10-,11+,12+,13+,14+,15-,16-/m1/s1. The van der Waals surface area contributed by atoms with Gasteiger partial charge in [0.15, 0.2) is 12.6 Å². The second-order valence-corrected chi connectivity index (χ2v) is 7.36. The normalized spacial score (nSPS) is 53.8. The number of fused-ring (bicyclic) bond motifs is 2. The van der Waals surface area contributed by atoms with E-state index in [2.05, 4.69) is 0 Å². The van der Waals surface area contributed by atoms with Gasteiger partial charge in [-0.15, -0.1) is 0 Å². The number of aliphatic hydroxyl groups is 6. The summed E-state index contributed by atoms with van der Waals surface area (Å²) in [7, 11) is 0. The molecule has 4 heterocycles. The van der Waals surface area contributed by atoms with Crippen molar-refractivity contribution in [1.29, 1.82) is 0 Å². The molecule has 4 rings (SSSR count). The van der Waals surface area contributed by atoms with E-state index in [1.807, 2.05) is 0 Å². The van der Waals surface area contributed by atoms with Gasteiger partial charge in [0.05, 0.1) is 26.4 Å². The largest absolute Gasteiger partial charge is 0.394 e. The fraction of sp³-hybridized carbons (Fsp3) is 1.00. The van der Waals surface area contributed by atoms with E-state index in [0.29, 0.717) is 0 Å². The average Bonchev–Trinajstić information content (AvgIpc) is 3.24. The Balaban J connectivity index is 1.40. The summed E-state index contributed by atoms with van der Waals surface area (Å²) in [6.07, 6.45) is -12.1. The lowest BCUT2D eigenvalue weighted by Gasteiger charge is -2.37. The Morgan fingerprint density at radius 2 is 1.29 bits per heavy atom. The number of aliphatic hydroxyl groups excluding tert-OH is 6. The molecule has 12 atom stereocenters. The van der Waals surface area contributed by atoms with Gasteiger partial charge in [0.1, 0.15) is 61.0 Å². The maximum atomic E-state index is 10.1. The smallest absolute Gasteiger partial charge is 0.187 e. The Hall–Kier alpha value is -0.480. The van der Waals surface area contributed by atoms with E-state index in [4.69, 9.17) is 28.4 Å². The molecule has 0 aromatic rings. The minimum absolute atomic E-state index is 0.123. The van der Waals surface area contributed by atoms with Crippen LogP contribution in [0.25, 0.3) is 0 Å². The van der Waals surface area contributed by atoms with Crippen molar-refractivity contribution in [3.05, 3.63) is 0 Å². The van der Waals surface area contributed by atoms with E-state index < -0.39 is 86.8 Å². The first-order valence-electron chi connectivity index (χ1n) is 9.23. The first kappa shape index (κ1) is 20.8. The van der Waals surface area contributed by atoms with Crippen LogP contribution in [0, 0.1) is 0 Å². The van der Waals surface area contributed by atoms with E-state index in [1.54, 1.807) is 0 Å². The highest BCUT2D eigenvalue weighted by atomic mass is 16.8. The highest BCUT2D eigenvalue weighted by molar-refractivity contribution is 4.98. The zero-order valence-corrected chi connectivity index (χ0v) is 14.9. The van der Waals surface area contributed by atoms with Crippen molar-refractivity contribution in [1.82, 2.24) is 0 Å². The van der Waals surface area contributed by atoms with Gasteiger partial charge in [-0.1, -0.05) is 0 Å². The Bertz CT molecular complexity index is 536. The molecule has 12 heteroatoms. The number of ether oxygens (including phenoxy) is 6. The van der Waals surface area contributed by atoms with E-state index in [-0.39, 0.29) is 13.2 Å². The summed E-state index contributed by atoms with van der Waals surface area (Å²) in [5.74, 6) is 0. The molecular weight excluding hydrogens is 384 g/mol. The van der Waals surface area contributed by atoms with Crippen LogP contribution in [0.1, 0.15) is 0 Å². The van der Waals surface area contributed by atoms with Gasteiger partial charge in [-0.3, -0.25) is 0 Å². The lowest BCUT2D eigenvalue weighted by atomic mass is 10.0.